The molecule has 0 radical (unpaired) electrons. The van der Waals surface area contributed by atoms with Gasteiger partial charge in [-0.15, -0.1) is 0 Å². The zero-order valence-corrected chi connectivity index (χ0v) is 30.2. The van der Waals surface area contributed by atoms with Crippen molar-refractivity contribution in [3.63, 3.8) is 0 Å². The number of aromatic nitrogens is 4. The van der Waals surface area contributed by atoms with Gasteiger partial charge in [0, 0.05) is 55.4 Å². The van der Waals surface area contributed by atoms with Crippen LogP contribution in [0.2, 0.25) is 0 Å². The van der Waals surface area contributed by atoms with Crippen molar-refractivity contribution in [2.45, 2.75) is 26.2 Å². The molecule has 0 saturated carbocycles. The fraction of sp³-hybridized carbons (Fsp3) is 0.0816. The molecule has 0 unspecified atom stereocenters. The summed E-state index contributed by atoms with van der Waals surface area (Å²) in [5.41, 5.74) is 10.7. The monoisotopic (exact) mass is 710 g/mol. The predicted molar refractivity (Wildman–Crippen MR) is 224 cm³/mol. The normalized spacial score (nSPS) is 11.9. The molecule has 4 aromatic heterocycles. The van der Waals surface area contributed by atoms with Crippen molar-refractivity contribution < 1.29 is 8.83 Å². The van der Waals surface area contributed by atoms with Crippen LogP contribution in [0.25, 0.3) is 106 Å². The zero-order chi connectivity index (χ0) is 36.5. The second kappa shape index (κ2) is 12.5. The molecule has 6 heteroatoms. The number of para-hydroxylation sites is 2. The number of rotatable bonds is 7. The molecule has 4 heterocycles. The fourth-order valence-corrected chi connectivity index (χ4v) is 8.22. The van der Waals surface area contributed by atoms with Crippen LogP contribution in [0.1, 0.15) is 25.3 Å². The Hall–Kier alpha value is -7.05. The SMILES string of the molecule is CCCCc1ccc(-c2nc(-c3ccccc3)nc(-c3cccc4oc5cc(-n6c7ccccc7c7ccc8oc9ccccc9c8c76)ccc5c34)n2)cc1. The minimum Gasteiger partial charge on any atom is -0.456 e. The van der Waals surface area contributed by atoms with Gasteiger partial charge in [-0.25, -0.2) is 15.0 Å². The van der Waals surface area contributed by atoms with Crippen LogP contribution in [0.4, 0.5) is 0 Å². The van der Waals surface area contributed by atoms with E-state index in [1.807, 2.05) is 54.6 Å². The number of fused-ring (bicyclic) bond motifs is 10. The van der Waals surface area contributed by atoms with Crippen LogP contribution < -0.4 is 0 Å². The molecule has 11 aromatic rings. The number of aryl methyl sites for hydroxylation is 1. The van der Waals surface area contributed by atoms with Crippen LogP contribution >= 0.6 is 0 Å². The Bertz CT molecular complexity index is 3240. The summed E-state index contributed by atoms with van der Waals surface area (Å²) in [6, 6.07) is 52.5. The van der Waals surface area contributed by atoms with Crippen molar-refractivity contribution in [1.82, 2.24) is 19.5 Å². The highest BCUT2D eigenvalue weighted by atomic mass is 16.3. The average molecular weight is 711 g/mol. The van der Waals surface area contributed by atoms with Crippen molar-refractivity contribution in [3.8, 4) is 39.9 Å². The molecule has 262 valence electrons. The lowest BCUT2D eigenvalue weighted by Gasteiger charge is -2.10. The van der Waals surface area contributed by atoms with Crippen molar-refractivity contribution in [2.24, 2.45) is 0 Å². The molecule has 55 heavy (non-hydrogen) atoms. The molecule has 0 amide bonds. The van der Waals surface area contributed by atoms with E-state index in [-0.39, 0.29) is 0 Å². The largest absolute Gasteiger partial charge is 0.456 e. The summed E-state index contributed by atoms with van der Waals surface area (Å²) < 4.78 is 15.4. The molecule has 6 nitrogen and oxygen atoms in total. The molecule has 7 aromatic carbocycles. The third-order valence-corrected chi connectivity index (χ3v) is 10.9. The first-order chi connectivity index (χ1) is 27.2. The van der Waals surface area contributed by atoms with E-state index >= 15 is 0 Å². The number of benzene rings is 7. The van der Waals surface area contributed by atoms with E-state index in [1.165, 1.54) is 29.2 Å². The first kappa shape index (κ1) is 31.5. The van der Waals surface area contributed by atoms with E-state index < -0.39 is 0 Å². The Labute approximate surface area is 316 Å². The van der Waals surface area contributed by atoms with Crippen molar-refractivity contribution in [1.29, 1.82) is 0 Å². The van der Waals surface area contributed by atoms with E-state index in [0.29, 0.717) is 17.5 Å². The smallest absolute Gasteiger partial charge is 0.164 e. The summed E-state index contributed by atoms with van der Waals surface area (Å²) in [7, 11) is 0. The maximum absolute atomic E-state index is 6.69. The Kier molecular flexibility index (Phi) is 7.17. The molecular formula is C49H34N4O2. The minimum atomic E-state index is 0.605. The van der Waals surface area contributed by atoms with Crippen LogP contribution in [0, 0.1) is 0 Å². The summed E-state index contributed by atoms with van der Waals surface area (Å²) in [4.78, 5) is 15.2. The number of nitrogens with zero attached hydrogens (tertiary/aromatic N) is 4. The Morgan fingerprint density at radius 2 is 1.15 bits per heavy atom. The zero-order valence-electron chi connectivity index (χ0n) is 30.2. The van der Waals surface area contributed by atoms with Gasteiger partial charge in [-0.3, -0.25) is 0 Å². The topological polar surface area (TPSA) is 69.9 Å². The van der Waals surface area contributed by atoms with Crippen LogP contribution in [-0.2, 0) is 6.42 Å². The van der Waals surface area contributed by atoms with Gasteiger partial charge in [0.2, 0.25) is 0 Å². The molecule has 0 atom stereocenters. The van der Waals surface area contributed by atoms with Gasteiger partial charge in [0.05, 0.1) is 16.4 Å². The van der Waals surface area contributed by atoms with Crippen LogP contribution in [0.15, 0.2) is 160 Å². The van der Waals surface area contributed by atoms with E-state index in [1.54, 1.807) is 0 Å². The quantitative estimate of drug-likeness (QED) is 0.165. The number of furan rings is 2. The minimum absolute atomic E-state index is 0.605. The van der Waals surface area contributed by atoms with Crippen LogP contribution in [-0.4, -0.2) is 19.5 Å². The van der Waals surface area contributed by atoms with Crippen molar-refractivity contribution in [2.75, 3.05) is 0 Å². The molecule has 0 spiro atoms. The second-order valence-corrected chi connectivity index (χ2v) is 14.2. The average Bonchev–Trinajstić information content (AvgIpc) is 3.92. The Morgan fingerprint density at radius 3 is 1.98 bits per heavy atom. The van der Waals surface area contributed by atoms with Gasteiger partial charge in [0.15, 0.2) is 17.5 Å². The fourth-order valence-electron chi connectivity index (χ4n) is 8.22. The summed E-state index contributed by atoms with van der Waals surface area (Å²) >= 11 is 0. The van der Waals surface area contributed by atoms with Crippen molar-refractivity contribution >= 4 is 65.7 Å². The highest BCUT2D eigenvalue weighted by molar-refractivity contribution is 6.24. The predicted octanol–water partition coefficient (Wildman–Crippen LogP) is 13.1. The maximum Gasteiger partial charge on any atom is 0.164 e. The van der Waals surface area contributed by atoms with Gasteiger partial charge in [-0.1, -0.05) is 116 Å². The van der Waals surface area contributed by atoms with Crippen LogP contribution in [0.3, 0.4) is 0 Å². The molecule has 0 saturated heterocycles. The summed E-state index contributed by atoms with van der Waals surface area (Å²) in [5.74, 6) is 1.88. The molecule has 11 rings (SSSR count). The highest BCUT2D eigenvalue weighted by Gasteiger charge is 2.21. The molecule has 0 bridgehead atoms. The summed E-state index contributed by atoms with van der Waals surface area (Å²) in [6.45, 7) is 2.22. The lowest BCUT2D eigenvalue weighted by atomic mass is 10.0. The van der Waals surface area contributed by atoms with Gasteiger partial charge in [0.25, 0.3) is 0 Å². The summed E-state index contributed by atoms with van der Waals surface area (Å²) in [6.07, 6.45) is 3.40. The molecule has 0 aliphatic carbocycles. The molecule has 0 aliphatic heterocycles. The third-order valence-electron chi connectivity index (χ3n) is 10.9. The van der Waals surface area contributed by atoms with Crippen molar-refractivity contribution in [3.05, 3.63) is 157 Å². The maximum atomic E-state index is 6.69. The van der Waals surface area contributed by atoms with Gasteiger partial charge in [-0.2, -0.15) is 0 Å². The standard InChI is InChI=1S/C49H34N4O2/c1-2-3-12-30-21-23-32(24-22-30)48-50-47(31-13-5-4-6-14-31)51-49(52-48)38-17-11-20-41-44(38)37-26-25-33(29-43(37)55-41)53-39-18-9-7-15-34(39)35-27-28-42-45(46(35)53)36-16-8-10-19-40(36)54-42/h4-11,13-29H,2-3,12H2,1H3. The lowest BCUT2D eigenvalue weighted by molar-refractivity contribution is 0.668. The molecule has 0 N–H and O–H groups in total. The number of hydrogen-bond donors (Lipinski definition) is 0. The van der Waals surface area contributed by atoms with Gasteiger partial charge in [-0.05, 0) is 60.9 Å². The van der Waals surface area contributed by atoms with Gasteiger partial charge >= 0.3 is 0 Å². The first-order valence-electron chi connectivity index (χ1n) is 18.9. The summed E-state index contributed by atoms with van der Waals surface area (Å²) in [5, 5.41) is 6.54. The highest BCUT2D eigenvalue weighted by Crippen LogP contribution is 2.42. The van der Waals surface area contributed by atoms with Gasteiger partial charge in [0.1, 0.15) is 22.3 Å². The second-order valence-electron chi connectivity index (χ2n) is 14.2. The van der Waals surface area contributed by atoms with Gasteiger partial charge < -0.3 is 13.4 Å². The first-order valence-corrected chi connectivity index (χ1v) is 18.9. The van der Waals surface area contributed by atoms with E-state index in [2.05, 4.69) is 109 Å². The Balaban J connectivity index is 1.11. The molecule has 0 fully saturated rings. The molecular weight excluding hydrogens is 677 g/mol. The lowest BCUT2D eigenvalue weighted by Crippen LogP contribution is -2.00. The number of hydrogen-bond acceptors (Lipinski definition) is 5. The van der Waals surface area contributed by atoms with E-state index in [0.717, 1.165) is 83.7 Å². The van der Waals surface area contributed by atoms with Crippen LogP contribution in [0.5, 0.6) is 0 Å². The molecule has 0 aliphatic rings. The Morgan fingerprint density at radius 1 is 0.491 bits per heavy atom. The number of unbranched alkanes of at least 4 members (excludes halogenated alkanes) is 1. The third kappa shape index (κ3) is 5.06. The van der Waals surface area contributed by atoms with E-state index in [4.69, 9.17) is 23.8 Å². The van der Waals surface area contributed by atoms with E-state index in [9.17, 15) is 0 Å².